The van der Waals surface area contributed by atoms with Crippen LogP contribution in [-0.4, -0.2) is 25.7 Å². The fourth-order valence-corrected chi connectivity index (χ4v) is 3.54. The Morgan fingerprint density at radius 2 is 1.64 bits per heavy atom. The molecule has 0 fully saturated rings. The topological polar surface area (TPSA) is 47.6 Å². The van der Waals surface area contributed by atoms with Gasteiger partial charge in [-0.15, -0.1) is 0 Å². The number of nitrogens with one attached hydrogen (secondary N) is 1. The summed E-state index contributed by atoms with van der Waals surface area (Å²) in [7, 11) is 0. The second kappa shape index (κ2) is 12.7. The first kappa shape index (κ1) is 24.4. The van der Waals surface area contributed by atoms with E-state index in [9.17, 15) is 13.6 Å². The van der Waals surface area contributed by atoms with Crippen LogP contribution in [0.2, 0.25) is 0 Å². The van der Waals surface area contributed by atoms with E-state index in [0.717, 1.165) is 11.1 Å². The van der Waals surface area contributed by atoms with Gasteiger partial charge in [0.15, 0.2) is 11.6 Å². The molecular weight excluding hydrogens is 424 g/mol. The fraction of sp³-hybridized carbons (Fsp3) is 0.296. The molecule has 6 heteroatoms. The maximum atomic E-state index is 14.9. The van der Waals surface area contributed by atoms with Gasteiger partial charge in [0.1, 0.15) is 6.10 Å². The maximum Gasteiger partial charge on any atom is 0.319 e. The number of halogens is 2. The second-order valence-electron chi connectivity index (χ2n) is 7.65. The standard InChI is InChI=1S/C27H29F2NO3/c1-2-32-25(31)19-30-17-9-14-23(21-12-7-4-8-13-21)33-24-16-15-22(26(28)27(24)29)18-20-10-5-3-6-11-20/h3-8,10-13,15-16,23,30H,2,9,14,17-19H2,1H3. The molecule has 1 atom stereocenters. The van der Waals surface area contributed by atoms with E-state index in [1.54, 1.807) is 13.0 Å². The lowest BCUT2D eigenvalue weighted by molar-refractivity contribution is -0.141. The molecule has 0 spiro atoms. The van der Waals surface area contributed by atoms with Crippen molar-refractivity contribution in [1.29, 1.82) is 0 Å². The minimum atomic E-state index is -0.982. The van der Waals surface area contributed by atoms with Crippen LogP contribution in [-0.2, 0) is 16.0 Å². The van der Waals surface area contributed by atoms with Crippen LogP contribution < -0.4 is 10.1 Å². The average molecular weight is 454 g/mol. The van der Waals surface area contributed by atoms with Crippen molar-refractivity contribution in [3.63, 3.8) is 0 Å². The molecule has 0 bridgehead atoms. The highest BCUT2D eigenvalue weighted by molar-refractivity contribution is 5.71. The van der Waals surface area contributed by atoms with Gasteiger partial charge >= 0.3 is 5.97 Å². The van der Waals surface area contributed by atoms with Gasteiger partial charge in [-0.25, -0.2) is 4.39 Å². The molecule has 3 aromatic rings. The van der Waals surface area contributed by atoms with E-state index < -0.39 is 17.7 Å². The molecule has 0 saturated carbocycles. The van der Waals surface area contributed by atoms with Crippen molar-refractivity contribution >= 4 is 5.97 Å². The van der Waals surface area contributed by atoms with Crippen LogP contribution in [0.25, 0.3) is 0 Å². The van der Waals surface area contributed by atoms with Crippen LogP contribution in [0.3, 0.4) is 0 Å². The van der Waals surface area contributed by atoms with Crippen LogP contribution in [0.15, 0.2) is 72.8 Å². The summed E-state index contributed by atoms with van der Waals surface area (Å²) < 4.78 is 40.5. The first-order valence-electron chi connectivity index (χ1n) is 11.2. The van der Waals surface area contributed by atoms with E-state index >= 15 is 0 Å². The Kier molecular flexibility index (Phi) is 9.39. The predicted molar refractivity (Wildman–Crippen MR) is 124 cm³/mol. The highest BCUT2D eigenvalue weighted by atomic mass is 19.2. The highest BCUT2D eigenvalue weighted by Gasteiger charge is 2.20. The highest BCUT2D eigenvalue weighted by Crippen LogP contribution is 2.30. The summed E-state index contributed by atoms with van der Waals surface area (Å²) in [6.07, 6.45) is 1.09. The van der Waals surface area contributed by atoms with Gasteiger partial charge in [-0.05, 0) is 49.1 Å². The third kappa shape index (κ3) is 7.39. The quantitative estimate of drug-likeness (QED) is 0.286. The molecular formula is C27H29F2NO3. The normalized spacial score (nSPS) is 11.7. The number of carbonyl (C=O) groups excluding carboxylic acids is 1. The molecule has 0 heterocycles. The van der Waals surface area contributed by atoms with Crippen molar-refractivity contribution in [2.24, 2.45) is 0 Å². The largest absolute Gasteiger partial charge is 0.483 e. The van der Waals surface area contributed by atoms with Crippen LogP contribution in [0.5, 0.6) is 5.75 Å². The molecule has 0 saturated heterocycles. The number of hydrogen-bond acceptors (Lipinski definition) is 4. The Balaban J connectivity index is 1.66. The average Bonchev–Trinajstić information content (AvgIpc) is 2.84. The van der Waals surface area contributed by atoms with Crippen molar-refractivity contribution in [3.8, 4) is 5.75 Å². The van der Waals surface area contributed by atoms with E-state index in [1.165, 1.54) is 6.07 Å². The van der Waals surface area contributed by atoms with Crippen LogP contribution in [0.4, 0.5) is 8.78 Å². The smallest absolute Gasteiger partial charge is 0.319 e. The van der Waals surface area contributed by atoms with E-state index in [1.807, 2.05) is 60.7 Å². The van der Waals surface area contributed by atoms with Crippen LogP contribution in [0.1, 0.15) is 42.6 Å². The number of carbonyl (C=O) groups is 1. The van der Waals surface area contributed by atoms with E-state index in [4.69, 9.17) is 9.47 Å². The van der Waals surface area contributed by atoms with Crippen molar-refractivity contribution in [3.05, 3.63) is 101 Å². The minimum Gasteiger partial charge on any atom is -0.483 e. The Morgan fingerprint density at radius 3 is 2.33 bits per heavy atom. The molecule has 4 nitrogen and oxygen atoms in total. The summed E-state index contributed by atoms with van der Waals surface area (Å²) in [6, 6.07) is 21.9. The van der Waals surface area contributed by atoms with Gasteiger partial charge in [0.05, 0.1) is 13.2 Å². The number of esters is 1. The van der Waals surface area contributed by atoms with E-state index in [-0.39, 0.29) is 23.8 Å². The van der Waals surface area contributed by atoms with Gasteiger partial charge in [-0.2, -0.15) is 4.39 Å². The molecule has 0 aromatic heterocycles. The van der Waals surface area contributed by atoms with Gasteiger partial charge in [0.25, 0.3) is 0 Å². The summed E-state index contributed by atoms with van der Waals surface area (Å²) >= 11 is 0. The minimum absolute atomic E-state index is 0.113. The van der Waals surface area contributed by atoms with Crippen molar-refractivity contribution in [2.45, 2.75) is 32.3 Å². The molecule has 3 rings (SSSR count). The van der Waals surface area contributed by atoms with Gasteiger partial charge in [-0.3, -0.25) is 4.79 Å². The number of rotatable bonds is 12. The Morgan fingerprint density at radius 1 is 0.939 bits per heavy atom. The summed E-state index contributed by atoms with van der Waals surface area (Å²) in [5.74, 6) is -2.29. The summed E-state index contributed by atoms with van der Waals surface area (Å²) in [4.78, 5) is 11.4. The van der Waals surface area contributed by atoms with Crippen molar-refractivity contribution < 1.29 is 23.0 Å². The number of ether oxygens (including phenoxy) is 2. The Hall–Kier alpha value is -3.25. The lowest BCUT2D eigenvalue weighted by Gasteiger charge is -2.21. The van der Waals surface area contributed by atoms with E-state index in [0.29, 0.717) is 32.4 Å². The molecule has 1 N–H and O–H groups in total. The maximum absolute atomic E-state index is 14.9. The molecule has 33 heavy (non-hydrogen) atoms. The van der Waals surface area contributed by atoms with Crippen molar-refractivity contribution in [2.75, 3.05) is 19.7 Å². The first-order valence-corrected chi connectivity index (χ1v) is 11.2. The van der Waals surface area contributed by atoms with Gasteiger partial charge in [-0.1, -0.05) is 66.7 Å². The summed E-state index contributed by atoms with van der Waals surface area (Å²) in [6.45, 7) is 2.80. The zero-order chi connectivity index (χ0) is 23.5. The first-order chi connectivity index (χ1) is 16.1. The molecule has 0 aliphatic rings. The monoisotopic (exact) mass is 453 g/mol. The van der Waals surface area contributed by atoms with Crippen molar-refractivity contribution in [1.82, 2.24) is 5.32 Å². The Bertz CT molecular complexity index is 1010. The zero-order valence-electron chi connectivity index (χ0n) is 18.7. The van der Waals surface area contributed by atoms with E-state index in [2.05, 4.69) is 5.32 Å². The molecule has 0 amide bonds. The summed E-state index contributed by atoms with van der Waals surface area (Å²) in [5, 5.41) is 3.03. The van der Waals surface area contributed by atoms with Crippen LogP contribution in [0, 0.1) is 11.6 Å². The molecule has 1 unspecified atom stereocenters. The zero-order valence-corrected chi connectivity index (χ0v) is 18.7. The SMILES string of the molecule is CCOC(=O)CNCCCC(Oc1ccc(Cc2ccccc2)c(F)c1F)c1ccccc1. The molecule has 0 radical (unpaired) electrons. The molecule has 0 aliphatic carbocycles. The summed E-state index contributed by atoms with van der Waals surface area (Å²) in [5.41, 5.74) is 2.06. The predicted octanol–water partition coefficient (Wildman–Crippen LogP) is 5.61. The van der Waals surface area contributed by atoms with Gasteiger partial charge < -0.3 is 14.8 Å². The van der Waals surface area contributed by atoms with Crippen LogP contribution >= 0.6 is 0 Å². The third-order valence-electron chi connectivity index (χ3n) is 5.20. The molecule has 3 aromatic carbocycles. The number of benzene rings is 3. The number of hydrogen-bond donors (Lipinski definition) is 1. The molecule has 174 valence electrons. The fourth-order valence-electron chi connectivity index (χ4n) is 3.54. The lowest BCUT2D eigenvalue weighted by Crippen LogP contribution is -2.26. The van der Waals surface area contributed by atoms with Gasteiger partial charge in [0.2, 0.25) is 5.82 Å². The third-order valence-corrected chi connectivity index (χ3v) is 5.20. The molecule has 0 aliphatic heterocycles. The lowest BCUT2D eigenvalue weighted by atomic mass is 10.0. The van der Waals surface area contributed by atoms with Gasteiger partial charge in [0, 0.05) is 6.42 Å². The second-order valence-corrected chi connectivity index (χ2v) is 7.65. The Labute approximate surface area is 193 Å².